The largest absolute Gasteiger partial charge is 0.308 e. The molecule has 0 spiro atoms. The minimum atomic E-state index is -0.199. The van der Waals surface area contributed by atoms with Crippen LogP contribution in [0.2, 0.25) is 0 Å². The number of benzene rings is 2. The van der Waals surface area contributed by atoms with Crippen LogP contribution in [0.1, 0.15) is 36.8 Å². The molecule has 1 fully saturated rings. The standard InChI is InChI=1S/C20H24F2N2/c21-17-9-5-15(6-10-17)13-23-19-3-1-2-4-20(19)24-14-16-7-11-18(22)12-8-16/h5-12,19-20,23-24H,1-4,13-14H2. The molecule has 24 heavy (non-hydrogen) atoms. The molecule has 0 bridgehead atoms. The van der Waals surface area contributed by atoms with Crippen LogP contribution in [0.25, 0.3) is 0 Å². The Labute approximate surface area is 142 Å². The highest BCUT2D eigenvalue weighted by Crippen LogP contribution is 2.20. The van der Waals surface area contributed by atoms with Crippen molar-refractivity contribution in [2.75, 3.05) is 0 Å². The number of halogens is 2. The van der Waals surface area contributed by atoms with E-state index in [9.17, 15) is 8.78 Å². The summed E-state index contributed by atoms with van der Waals surface area (Å²) < 4.78 is 26.0. The zero-order valence-corrected chi connectivity index (χ0v) is 13.8. The van der Waals surface area contributed by atoms with E-state index in [2.05, 4.69) is 10.6 Å². The zero-order chi connectivity index (χ0) is 16.8. The number of hydrogen-bond donors (Lipinski definition) is 2. The molecule has 0 aromatic heterocycles. The van der Waals surface area contributed by atoms with E-state index in [1.54, 1.807) is 0 Å². The average Bonchev–Trinajstić information content (AvgIpc) is 2.61. The number of rotatable bonds is 6. The third kappa shape index (κ3) is 4.86. The van der Waals surface area contributed by atoms with Crippen molar-refractivity contribution in [3.63, 3.8) is 0 Å². The van der Waals surface area contributed by atoms with Gasteiger partial charge in [-0.25, -0.2) is 8.78 Å². The summed E-state index contributed by atoms with van der Waals surface area (Å²) in [7, 11) is 0. The van der Waals surface area contributed by atoms with Gasteiger partial charge in [-0.3, -0.25) is 0 Å². The average molecular weight is 330 g/mol. The molecule has 4 heteroatoms. The Bertz CT molecular complexity index is 568. The summed E-state index contributed by atoms with van der Waals surface area (Å²) in [5.41, 5.74) is 2.19. The normalized spacial score (nSPS) is 20.9. The van der Waals surface area contributed by atoms with E-state index >= 15 is 0 Å². The Kier molecular flexibility index (Phi) is 5.94. The lowest BCUT2D eigenvalue weighted by Gasteiger charge is -2.33. The van der Waals surface area contributed by atoms with Crippen LogP contribution in [0, 0.1) is 11.6 Å². The van der Waals surface area contributed by atoms with E-state index in [0.29, 0.717) is 12.1 Å². The molecule has 1 saturated carbocycles. The van der Waals surface area contributed by atoms with Gasteiger partial charge in [0.15, 0.2) is 0 Å². The first-order valence-electron chi connectivity index (χ1n) is 8.66. The van der Waals surface area contributed by atoms with E-state index in [4.69, 9.17) is 0 Å². The first kappa shape index (κ1) is 17.1. The van der Waals surface area contributed by atoms with Crippen molar-refractivity contribution >= 4 is 0 Å². The highest BCUT2D eigenvalue weighted by molar-refractivity contribution is 5.17. The fourth-order valence-electron chi connectivity index (χ4n) is 3.32. The Morgan fingerprint density at radius 1 is 0.667 bits per heavy atom. The van der Waals surface area contributed by atoms with Gasteiger partial charge in [0.2, 0.25) is 0 Å². The van der Waals surface area contributed by atoms with Gasteiger partial charge in [-0.1, -0.05) is 37.1 Å². The lowest BCUT2D eigenvalue weighted by molar-refractivity contribution is 0.281. The van der Waals surface area contributed by atoms with E-state index in [1.165, 1.54) is 37.1 Å². The van der Waals surface area contributed by atoms with Gasteiger partial charge >= 0.3 is 0 Å². The molecule has 0 radical (unpaired) electrons. The zero-order valence-electron chi connectivity index (χ0n) is 13.8. The van der Waals surface area contributed by atoms with Crippen LogP contribution in [0.15, 0.2) is 48.5 Å². The third-order valence-electron chi connectivity index (χ3n) is 4.73. The van der Waals surface area contributed by atoms with Crippen molar-refractivity contribution in [3.05, 3.63) is 71.3 Å². The topological polar surface area (TPSA) is 24.1 Å². The first-order valence-corrected chi connectivity index (χ1v) is 8.66. The van der Waals surface area contributed by atoms with Crippen LogP contribution < -0.4 is 10.6 Å². The molecule has 128 valence electrons. The van der Waals surface area contributed by atoms with Crippen molar-refractivity contribution in [1.82, 2.24) is 10.6 Å². The minimum absolute atomic E-state index is 0.199. The second kappa shape index (κ2) is 8.36. The van der Waals surface area contributed by atoms with Gasteiger partial charge < -0.3 is 10.6 Å². The monoisotopic (exact) mass is 330 g/mol. The maximum absolute atomic E-state index is 13.0. The minimum Gasteiger partial charge on any atom is -0.308 e. The molecular weight excluding hydrogens is 306 g/mol. The van der Waals surface area contributed by atoms with Crippen molar-refractivity contribution in [2.45, 2.75) is 50.9 Å². The number of nitrogens with one attached hydrogen (secondary N) is 2. The van der Waals surface area contributed by atoms with Gasteiger partial charge in [-0.2, -0.15) is 0 Å². The van der Waals surface area contributed by atoms with E-state index in [0.717, 1.165) is 37.1 Å². The summed E-state index contributed by atoms with van der Waals surface area (Å²) in [6.45, 7) is 1.50. The molecule has 2 unspecified atom stereocenters. The van der Waals surface area contributed by atoms with E-state index in [1.807, 2.05) is 24.3 Å². The summed E-state index contributed by atoms with van der Waals surface area (Å²) in [6.07, 6.45) is 4.75. The second-order valence-corrected chi connectivity index (χ2v) is 6.51. The van der Waals surface area contributed by atoms with Crippen molar-refractivity contribution in [1.29, 1.82) is 0 Å². The molecule has 2 nitrogen and oxygen atoms in total. The maximum atomic E-state index is 13.0. The predicted octanol–water partition coefficient (Wildman–Crippen LogP) is 4.16. The Morgan fingerprint density at radius 2 is 1.04 bits per heavy atom. The van der Waals surface area contributed by atoms with Crippen molar-refractivity contribution < 1.29 is 8.78 Å². The molecule has 0 heterocycles. The SMILES string of the molecule is Fc1ccc(CNC2CCCCC2NCc2ccc(F)cc2)cc1. The Hall–Kier alpha value is -1.78. The smallest absolute Gasteiger partial charge is 0.123 e. The van der Waals surface area contributed by atoms with Crippen LogP contribution in [0.4, 0.5) is 8.78 Å². The fourth-order valence-corrected chi connectivity index (χ4v) is 3.32. The lowest BCUT2D eigenvalue weighted by atomic mass is 9.90. The molecule has 1 aliphatic rings. The van der Waals surface area contributed by atoms with Crippen LogP contribution >= 0.6 is 0 Å². The summed E-state index contributed by atoms with van der Waals surface area (Å²) in [5.74, 6) is -0.398. The highest BCUT2D eigenvalue weighted by Gasteiger charge is 2.24. The van der Waals surface area contributed by atoms with Crippen LogP contribution in [0.3, 0.4) is 0 Å². The first-order chi connectivity index (χ1) is 11.7. The Morgan fingerprint density at radius 3 is 1.42 bits per heavy atom. The molecule has 0 aliphatic heterocycles. The van der Waals surface area contributed by atoms with Gasteiger partial charge in [-0.05, 0) is 48.2 Å². The van der Waals surface area contributed by atoms with Crippen molar-refractivity contribution in [3.8, 4) is 0 Å². The van der Waals surface area contributed by atoms with Crippen LogP contribution in [0.5, 0.6) is 0 Å². The van der Waals surface area contributed by atoms with E-state index in [-0.39, 0.29) is 11.6 Å². The Balaban J connectivity index is 1.52. The van der Waals surface area contributed by atoms with Gasteiger partial charge in [0.1, 0.15) is 11.6 Å². The molecule has 2 atom stereocenters. The second-order valence-electron chi connectivity index (χ2n) is 6.51. The molecule has 0 amide bonds. The fraction of sp³-hybridized carbons (Fsp3) is 0.400. The van der Waals surface area contributed by atoms with Crippen LogP contribution in [-0.2, 0) is 13.1 Å². The summed E-state index contributed by atoms with van der Waals surface area (Å²) in [4.78, 5) is 0. The summed E-state index contributed by atoms with van der Waals surface area (Å²) in [6, 6.07) is 14.1. The van der Waals surface area contributed by atoms with Gasteiger partial charge in [0.05, 0.1) is 0 Å². The molecular formula is C20H24F2N2. The number of hydrogen-bond acceptors (Lipinski definition) is 2. The molecule has 0 saturated heterocycles. The molecule has 1 aliphatic carbocycles. The molecule has 2 aromatic carbocycles. The quantitative estimate of drug-likeness (QED) is 0.831. The molecule has 3 rings (SSSR count). The third-order valence-corrected chi connectivity index (χ3v) is 4.73. The molecule has 2 N–H and O–H groups in total. The van der Waals surface area contributed by atoms with E-state index < -0.39 is 0 Å². The lowest BCUT2D eigenvalue weighted by Crippen LogP contribution is -2.49. The maximum Gasteiger partial charge on any atom is 0.123 e. The highest BCUT2D eigenvalue weighted by atomic mass is 19.1. The molecule has 2 aromatic rings. The van der Waals surface area contributed by atoms with Crippen molar-refractivity contribution in [2.24, 2.45) is 0 Å². The van der Waals surface area contributed by atoms with Gasteiger partial charge in [0.25, 0.3) is 0 Å². The summed E-state index contributed by atoms with van der Waals surface area (Å²) >= 11 is 0. The predicted molar refractivity (Wildman–Crippen MR) is 92.5 cm³/mol. The summed E-state index contributed by atoms with van der Waals surface area (Å²) in [5, 5.41) is 7.22. The van der Waals surface area contributed by atoms with Gasteiger partial charge in [0, 0.05) is 25.2 Å². The van der Waals surface area contributed by atoms with Crippen LogP contribution in [-0.4, -0.2) is 12.1 Å². The van der Waals surface area contributed by atoms with Gasteiger partial charge in [-0.15, -0.1) is 0 Å².